The van der Waals surface area contributed by atoms with Crippen molar-refractivity contribution in [2.75, 3.05) is 27.4 Å². The molecule has 0 unspecified atom stereocenters. The highest BCUT2D eigenvalue weighted by Gasteiger charge is 2.24. The fraction of sp³-hybridized carbons (Fsp3) is 0.250. The molecule has 0 aliphatic rings. The van der Waals surface area contributed by atoms with Gasteiger partial charge in [-0.15, -0.1) is 0 Å². The average Bonchev–Trinajstić information content (AvgIpc) is 3.12. The van der Waals surface area contributed by atoms with E-state index in [-0.39, 0.29) is 25.2 Å². The Morgan fingerprint density at radius 2 is 1.17 bits per heavy atom. The van der Waals surface area contributed by atoms with Crippen LogP contribution in [0.3, 0.4) is 0 Å². The Hall–Kier alpha value is -4.62. The van der Waals surface area contributed by atoms with Crippen LogP contribution in [0.4, 0.5) is 0 Å². The van der Waals surface area contributed by atoms with Crippen LogP contribution in [0, 0.1) is 0 Å². The summed E-state index contributed by atoms with van der Waals surface area (Å²) in [5.74, 6) is 2.38. The van der Waals surface area contributed by atoms with Gasteiger partial charge in [-0.05, 0) is 70.6 Å². The van der Waals surface area contributed by atoms with E-state index in [2.05, 4.69) is 41.3 Å². The first kappa shape index (κ1) is 32.8. The summed E-state index contributed by atoms with van der Waals surface area (Å²) in [5, 5.41) is 21.2. The van der Waals surface area contributed by atoms with Crippen molar-refractivity contribution in [1.29, 1.82) is 0 Å². The van der Waals surface area contributed by atoms with Crippen LogP contribution < -0.4 is 14.2 Å². The van der Waals surface area contributed by atoms with Crippen molar-refractivity contribution in [1.82, 2.24) is 4.90 Å². The van der Waals surface area contributed by atoms with Gasteiger partial charge in [0, 0.05) is 24.6 Å². The largest absolute Gasteiger partial charge is 0.497 e. The van der Waals surface area contributed by atoms with Crippen LogP contribution in [0.1, 0.15) is 51.8 Å². The summed E-state index contributed by atoms with van der Waals surface area (Å²) in [6, 6.07) is 42.4. The van der Waals surface area contributed by atoms with Crippen molar-refractivity contribution >= 4 is 0 Å². The number of hydrogen-bond acceptors (Lipinski definition) is 6. The molecule has 5 aromatic carbocycles. The van der Waals surface area contributed by atoms with Crippen LogP contribution in [0.5, 0.6) is 17.2 Å². The Bertz CT molecular complexity index is 1560. The molecule has 0 aliphatic heterocycles. The van der Waals surface area contributed by atoms with Gasteiger partial charge in [0.25, 0.3) is 0 Å². The van der Waals surface area contributed by atoms with E-state index in [1.807, 2.05) is 91.0 Å². The molecule has 0 heterocycles. The molecular formula is C40H43NO5. The number of aliphatic hydroxyl groups excluding tert-OH is 2. The highest BCUT2D eigenvalue weighted by Crippen LogP contribution is 2.34. The lowest BCUT2D eigenvalue weighted by Crippen LogP contribution is -2.32. The summed E-state index contributed by atoms with van der Waals surface area (Å²) >= 11 is 0. The van der Waals surface area contributed by atoms with E-state index in [4.69, 9.17) is 14.2 Å². The maximum atomic E-state index is 10.9. The van der Waals surface area contributed by atoms with E-state index in [0.29, 0.717) is 31.0 Å². The third kappa shape index (κ3) is 8.55. The summed E-state index contributed by atoms with van der Waals surface area (Å²) in [4.78, 5) is 2.33. The maximum absolute atomic E-state index is 10.9. The quantitative estimate of drug-likeness (QED) is 0.119. The van der Waals surface area contributed by atoms with Crippen LogP contribution in [-0.4, -0.2) is 42.5 Å². The monoisotopic (exact) mass is 617 g/mol. The zero-order valence-electron chi connectivity index (χ0n) is 26.6. The molecule has 0 amide bonds. The van der Waals surface area contributed by atoms with Crippen molar-refractivity contribution in [2.45, 2.75) is 38.1 Å². The number of ether oxygens (including phenoxy) is 3. The molecule has 6 heteroatoms. The summed E-state index contributed by atoms with van der Waals surface area (Å²) in [6.45, 7) is 1.55. The van der Waals surface area contributed by atoms with Gasteiger partial charge in [-0.1, -0.05) is 91.0 Å². The molecule has 0 saturated heterocycles. The first-order valence-electron chi connectivity index (χ1n) is 15.7. The normalized spacial score (nSPS) is 11.9. The predicted molar refractivity (Wildman–Crippen MR) is 182 cm³/mol. The maximum Gasteiger partial charge on any atom is 0.125 e. The lowest BCUT2D eigenvalue weighted by Gasteiger charge is -2.33. The molecule has 5 rings (SSSR count). The third-order valence-corrected chi connectivity index (χ3v) is 8.46. The first-order valence-corrected chi connectivity index (χ1v) is 15.7. The van der Waals surface area contributed by atoms with Crippen molar-refractivity contribution < 1.29 is 24.4 Å². The van der Waals surface area contributed by atoms with Crippen molar-refractivity contribution in [3.05, 3.63) is 161 Å². The van der Waals surface area contributed by atoms with Gasteiger partial charge in [0.05, 0.1) is 33.5 Å². The minimum atomic E-state index is -0.291. The second-order valence-corrected chi connectivity index (χ2v) is 11.3. The molecule has 0 aliphatic carbocycles. The molecule has 46 heavy (non-hydrogen) atoms. The van der Waals surface area contributed by atoms with E-state index >= 15 is 0 Å². The molecule has 2 N–H and O–H groups in total. The number of nitrogens with zero attached hydrogens (tertiary/aromatic N) is 1. The number of aliphatic hydroxyl groups is 2. The van der Waals surface area contributed by atoms with Gasteiger partial charge in [-0.2, -0.15) is 0 Å². The zero-order chi connectivity index (χ0) is 32.1. The summed E-state index contributed by atoms with van der Waals surface area (Å²) < 4.78 is 17.0. The Morgan fingerprint density at radius 3 is 1.70 bits per heavy atom. The molecule has 0 aromatic heterocycles. The van der Waals surface area contributed by atoms with Crippen LogP contribution in [0.2, 0.25) is 0 Å². The van der Waals surface area contributed by atoms with Crippen LogP contribution in [0.25, 0.3) is 0 Å². The second kappa shape index (κ2) is 16.6. The predicted octanol–water partition coefficient (Wildman–Crippen LogP) is 7.53. The van der Waals surface area contributed by atoms with Crippen LogP contribution in [0.15, 0.2) is 127 Å². The number of rotatable bonds is 16. The van der Waals surface area contributed by atoms with Crippen LogP contribution in [-0.2, 0) is 19.8 Å². The van der Waals surface area contributed by atoms with E-state index in [0.717, 1.165) is 34.6 Å². The summed E-state index contributed by atoms with van der Waals surface area (Å²) in [7, 11) is 3.35. The number of benzene rings is 5. The SMILES string of the molecule is COc1ccc(C(CCN(Cc2ccccc2)[C@H](CO)c2ccc(OCc3ccccc3)c(CO)c2)c2ccc(OC)cc2)cc1. The Morgan fingerprint density at radius 1 is 0.630 bits per heavy atom. The molecule has 0 bridgehead atoms. The zero-order valence-corrected chi connectivity index (χ0v) is 26.6. The van der Waals surface area contributed by atoms with E-state index < -0.39 is 0 Å². The van der Waals surface area contributed by atoms with Crippen molar-refractivity contribution in [3.8, 4) is 17.2 Å². The highest BCUT2D eigenvalue weighted by atomic mass is 16.5. The molecule has 1 atom stereocenters. The van der Waals surface area contributed by atoms with E-state index in [1.54, 1.807) is 14.2 Å². The standard InChI is InChI=1S/C40H43NO5/c1-44-36-18-13-32(14-19-36)38(33-15-20-37(45-2)21-16-33)23-24-41(26-30-9-5-3-6-10-30)39(28-43)34-17-22-40(35(25-34)27-42)46-29-31-11-7-4-8-12-31/h3-22,25,38-39,42-43H,23-24,26-29H2,1-2H3/t39-/m1/s1. The fourth-order valence-corrected chi connectivity index (χ4v) is 5.89. The van der Waals surface area contributed by atoms with Gasteiger partial charge in [0.15, 0.2) is 0 Å². The van der Waals surface area contributed by atoms with E-state index in [1.165, 1.54) is 11.1 Å². The number of hydrogen-bond donors (Lipinski definition) is 2. The average molecular weight is 618 g/mol. The first-order chi connectivity index (χ1) is 22.6. The summed E-state index contributed by atoms with van der Waals surface area (Å²) in [6.07, 6.45) is 0.813. The second-order valence-electron chi connectivity index (χ2n) is 11.3. The molecule has 6 nitrogen and oxygen atoms in total. The molecule has 0 saturated carbocycles. The van der Waals surface area contributed by atoms with Crippen LogP contribution >= 0.6 is 0 Å². The molecular weight excluding hydrogens is 574 g/mol. The van der Waals surface area contributed by atoms with Crippen molar-refractivity contribution in [3.63, 3.8) is 0 Å². The lowest BCUT2D eigenvalue weighted by molar-refractivity contribution is 0.114. The van der Waals surface area contributed by atoms with Gasteiger partial charge >= 0.3 is 0 Å². The fourth-order valence-electron chi connectivity index (χ4n) is 5.89. The van der Waals surface area contributed by atoms with Gasteiger partial charge in [-0.25, -0.2) is 0 Å². The Labute approximate surface area is 272 Å². The Kier molecular flexibility index (Phi) is 11.8. The lowest BCUT2D eigenvalue weighted by atomic mass is 9.88. The smallest absolute Gasteiger partial charge is 0.125 e. The van der Waals surface area contributed by atoms with Crippen molar-refractivity contribution in [2.24, 2.45) is 0 Å². The number of methoxy groups -OCH3 is 2. The minimum absolute atomic E-state index is 0.0718. The third-order valence-electron chi connectivity index (χ3n) is 8.46. The van der Waals surface area contributed by atoms with Gasteiger partial charge in [0.2, 0.25) is 0 Å². The highest BCUT2D eigenvalue weighted by molar-refractivity contribution is 5.40. The molecule has 0 spiro atoms. The van der Waals surface area contributed by atoms with Gasteiger partial charge < -0.3 is 24.4 Å². The van der Waals surface area contributed by atoms with E-state index in [9.17, 15) is 10.2 Å². The summed E-state index contributed by atoms with van der Waals surface area (Å²) in [5.41, 5.74) is 6.22. The minimum Gasteiger partial charge on any atom is -0.497 e. The molecule has 0 fully saturated rings. The van der Waals surface area contributed by atoms with Gasteiger partial charge in [0.1, 0.15) is 23.9 Å². The molecule has 5 aromatic rings. The topological polar surface area (TPSA) is 71.4 Å². The molecule has 238 valence electrons. The Balaban J connectivity index is 1.43. The molecule has 0 radical (unpaired) electrons. The van der Waals surface area contributed by atoms with Gasteiger partial charge in [-0.3, -0.25) is 4.90 Å².